The lowest BCUT2D eigenvalue weighted by Crippen LogP contribution is -2.36. The number of hydrogen-bond donors (Lipinski definition) is 3. The van der Waals surface area contributed by atoms with Crippen molar-refractivity contribution in [3.8, 4) is 0 Å². The zero-order valence-electron chi connectivity index (χ0n) is 13.0. The van der Waals surface area contributed by atoms with Crippen molar-refractivity contribution in [1.29, 1.82) is 0 Å². The van der Waals surface area contributed by atoms with E-state index in [0.29, 0.717) is 5.56 Å². The molecule has 2 aromatic rings. The maximum Gasteiger partial charge on any atom is 0.291 e. The zero-order chi connectivity index (χ0) is 18.2. The fraction of sp³-hybridized carbons (Fsp3) is 0.125. The lowest BCUT2D eigenvalue weighted by Gasteiger charge is -2.09. The molecule has 2 rings (SSSR count). The Morgan fingerprint density at radius 1 is 1.24 bits per heavy atom. The van der Waals surface area contributed by atoms with Gasteiger partial charge in [-0.25, -0.2) is 0 Å². The van der Waals surface area contributed by atoms with Crippen molar-refractivity contribution in [3.05, 3.63) is 69.8 Å². The molecule has 3 N–H and O–H groups in total. The predicted octanol–water partition coefficient (Wildman–Crippen LogP) is 1.07. The molecule has 0 radical (unpaired) electrons. The lowest BCUT2D eigenvalue weighted by atomic mass is 10.1. The third-order valence-electron chi connectivity index (χ3n) is 3.05. The summed E-state index contributed by atoms with van der Waals surface area (Å²) in [7, 11) is 0. The van der Waals surface area contributed by atoms with Crippen molar-refractivity contribution >= 4 is 23.6 Å². The number of amides is 2. The maximum absolute atomic E-state index is 12.1. The van der Waals surface area contributed by atoms with Gasteiger partial charge >= 0.3 is 0 Å². The molecule has 0 spiro atoms. The third kappa shape index (κ3) is 5.01. The van der Waals surface area contributed by atoms with Crippen LogP contribution in [0.25, 0.3) is 6.08 Å². The average molecular weight is 345 g/mol. The molecule has 0 saturated heterocycles. The molecule has 0 aliphatic carbocycles. The molecule has 25 heavy (non-hydrogen) atoms. The van der Waals surface area contributed by atoms with Gasteiger partial charge in [-0.15, -0.1) is 0 Å². The van der Waals surface area contributed by atoms with Crippen molar-refractivity contribution < 1.29 is 24.0 Å². The van der Waals surface area contributed by atoms with Gasteiger partial charge in [0.1, 0.15) is 5.70 Å². The van der Waals surface area contributed by atoms with Crippen molar-refractivity contribution in [3.63, 3.8) is 0 Å². The first-order chi connectivity index (χ1) is 12.0. The number of hydrogen-bond acceptors (Lipinski definition) is 6. The molecule has 130 valence electrons. The Labute approximate surface area is 142 Å². The number of rotatable bonds is 7. The van der Waals surface area contributed by atoms with Gasteiger partial charge in [-0.3, -0.25) is 19.7 Å². The number of nitrogens with one attached hydrogen (secondary N) is 2. The summed E-state index contributed by atoms with van der Waals surface area (Å²) >= 11 is 0. The number of benzene rings is 1. The average Bonchev–Trinajstić information content (AvgIpc) is 3.14. The van der Waals surface area contributed by atoms with Crippen molar-refractivity contribution in [2.75, 3.05) is 13.2 Å². The van der Waals surface area contributed by atoms with Crippen LogP contribution in [0.5, 0.6) is 0 Å². The number of aliphatic hydroxyl groups excluding tert-OH is 1. The predicted molar refractivity (Wildman–Crippen MR) is 87.3 cm³/mol. The molecule has 2 amide bonds. The van der Waals surface area contributed by atoms with Gasteiger partial charge in [-0.05, 0) is 35.9 Å². The van der Waals surface area contributed by atoms with Crippen LogP contribution in [0.15, 0.2) is 52.8 Å². The Hall–Kier alpha value is -3.46. The fourth-order valence-electron chi connectivity index (χ4n) is 1.87. The monoisotopic (exact) mass is 345 g/mol. The molecule has 1 heterocycles. The van der Waals surface area contributed by atoms with Crippen LogP contribution < -0.4 is 10.6 Å². The largest absolute Gasteiger partial charge is 0.459 e. The SMILES string of the molecule is O=C(NCCO)C(=Cc1ccc([N+](=O)[O-])cc1)NC(=O)c1ccco1. The molecule has 0 fully saturated rings. The molecule has 1 aromatic heterocycles. The molecule has 0 aliphatic heterocycles. The summed E-state index contributed by atoms with van der Waals surface area (Å²) < 4.78 is 4.96. The van der Waals surface area contributed by atoms with E-state index in [2.05, 4.69) is 10.6 Å². The minimum Gasteiger partial charge on any atom is -0.459 e. The van der Waals surface area contributed by atoms with E-state index < -0.39 is 16.7 Å². The molecule has 0 unspecified atom stereocenters. The Kier molecular flexibility index (Phi) is 6.02. The number of carbonyl (C=O) groups is 2. The standard InChI is InChI=1S/C16H15N3O6/c20-8-7-17-15(21)13(18-16(22)14-2-1-9-25-14)10-11-3-5-12(6-4-11)19(23)24/h1-6,9-10,20H,7-8H2,(H,17,21)(H,18,22). The summed E-state index contributed by atoms with van der Waals surface area (Å²) in [5.41, 5.74) is 0.284. The molecule has 0 saturated carbocycles. The van der Waals surface area contributed by atoms with E-state index in [0.717, 1.165) is 0 Å². The molecule has 9 nitrogen and oxygen atoms in total. The maximum atomic E-state index is 12.1. The van der Waals surface area contributed by atoms with Gasteiger partial charge in [0.05, 0.1) is 17.8 Å². The number of nitrogens with zero attached hydrogens (tertiary/aromatic N) is 1. The van der Waals surface area contributed by atoms with E-state index in [-0.39, 0.29) is 30.3 Å². The zero-order valence-corrected chi connectivity index (χ0v) is 13.0. The van der Waals surface area contributed by atoms with Gasteiger partial charge < -0.3 is 20.2 Å². The minimum atomic E-state index is -0.627. The van der Waals surface area contributed by atoms with Crippen LogP contribution in [0.4, 0.5) is 5.69 Å². The van der Waals surface area contributed by atoms with Gasteiger partial charge in [-0.2, -0.15) is 0 Å². The summed E-state index contributed by atoms with van der Waals surface area (Å²) in [5.74, 6) is -1.23. The molecule has 0 bridgehead atoms. The highest BCUT2D eigenvalue weighted by Gasteiger charge is 2.16. The second-order valence-electron chi connectivity index (χ2n) is 4.82. The summed E-state index contributed by atoms with van der Waals surface area (Å²) in [4.78, 5) is 34.3. The van der Waals surface area contributed by atoms with E-state index in [1.807, 2.05) is 0 Å². The molecule has 9 heteroatoms. The number of aliphatic hydroxyl groups is 1. The first-order valence-electron chi connectivity index (χ1n) is 7.21. The molecule has 0 aliphatic rings. The first kappa shape index (κ1) is 17.9. The van der Waals surface area contributed by atoms with Crippen molar-refractivity contribution in [1.82, 2.24) is 10.6 Å². The molecular weight excluding hydrogens is 330 g/mol. The third-order valence-corrected chi connectivity index (χ3v) is 3.05. The van der Waals surface area contributed by atoms with Crippen molar-refractivity contribution in [2.24, 2.45) is 0 Å². The van der Waals surface area contributed by atoms with E-state index >= 15 is 0 Å². The van der Waals surface area contributed by atoms with Gasteiger partial charge in [0.2, 0.25) is 0 Å². The van der Waals surface area contributed by atoms with E-state index in [9.17, 15) is 19.7 Å². The van der Waals surface area contributed by atoms with Crippen LogP contribution in [0.1, 0.15) is 16.1 Å². The number of carbonyl (C=O) groups excluding carboxylic acids is 2. The highest BCUT2D eigenvalue weighted by atomic mass is 16.6. The second kappa shape index (κ2) is 8.41. The first-order valence-corrected chi connectivity index (χ1v) is 7.21. The normalized spacial score (nSPS) is 11.0. The van der Waals surface area contributed by atoms with Crippen LogP contribution >= 0.6 is 0 Å². The van der Waals surface area contributed by atoms with E-state index in [1.165, 1.54) is 48.7 Å². The van der Waals surface area contributed by atoms with Crippen LogP contribution in [0, 0.1) is 10.1 Å². The van der Waals surface area contributed by atoms with Crippen LogP contribution in [-0.2, 0) is 4.79 Å². The van der Waals surface area contributed by atoms with Crippen LogP contribution in [-0.4, -0.2) is 35.0 Å². The summed E-state index contributed by atoms with van der Waals surface area (Å²) in [6.07, 6.45) is 2.68. The smallest absolute Gasteiger partial charge is 0.291 e. The molecule has 1 aromatic carbocycles. The van der Waals surface area contributed by atoms with E-state index in [4.69, 9.17) is 9.52 Å². The number of non-ortho nitro benzene ring substituents is 1. The summed E-state index contributed by atoms with van der Waals surface area (Å²) in [5, 5.41) is 24.3. The number of nitro benzene ring substituents is 1. The lowest BCUT2D eigenvalue weighted by molar-refractivity contribution is -0.384. The summed E-state index contributed by atoms with van der Waals surface area (Å²) in [6.45, 7) is -0.254. The van der Waals surface area contributed by atoms with Gasteiger partial charge in [0.25, 0.3) is 17.5 Å². The fourth-order valence-corrected chi connectivity index (χ4v) is 1.87. The topological polar surface area (TPSA) is 135 Å². The number of furan rings is 1. The van der Waals surface area contributed by atoms with E-state index in [1.54, 1.807) is 0 Å². The Bertz CT molecular complexity index is 781. The molecule has 0 atom stereocenters. The van der Waals surface area contributed by atoms with Crippen molar-refractivity contribution in [2.45, 2.75) is 0 Å². The second-order valence-corrected chi connectivity index (χ2v) is 4.82. The Morgan fingerprint density at radius 2 is 1.96 bits per heavy atom. The molecular formula is C16H15N3O6. The van der Waals surface area contributed by atoms with Crippen LogP contribution in [0.2, 0.25) is 0 Å². The summed E-state index contributed by atoms with van der Waals surface area (Å²) in [6, 6.07) is 8.41. The highest BCUT2D eigenvalue weighted by Crippen LogP contribution is 2.14. The minimum absolute atomic E-state index is 0.00700. The van der Waals surface area contributed by atoms with Gasteiger partial charge in [0, 0.05) is 18.7 Å². The Balaban J connectivity index is 2.24. The highest BCUT2D eigenvalue weighted by molar-refractivity contribution is 6.04. The van der Waals surface area contributed by atoms with Gasteiger partial charge in [0.15, 0.2) is 5.76 Å². The van der Waals surface area contributed by atoms with Crippen LogP contribution in [0.3, 0.4) is 0 Å². The number of nitro groups is 1. The Morgan fingerprint density at radius 3 is 2.52 bits per heavy atom. The quantitative estimate of drug-likeness (QED) is 0.390. The van der Waals surface area contributed by atoms with Gasteiger partial charge in [-0.1, -0.05) is 0 Å².